The minimum atomic E-state index is -1.32. The first kappa shape index (κ1) is 29.2. The van der Waals surface area contributed by atoms with E-state index in [4.69, 9.17) is 9.47 Å². The Hall–Kier alpha value is -3.39. The van der Waals surface area contributed by atoms with Crippen molar-refractivity contribution in [2.45, 2.75) is 58.6 Å². The molecular weight excluding hydrogens is 536 g/mol. The number of fused-ring (bicyclic) bond motifs is 1. The maximum atomic E-state index is 13.3. The summed E-state index contributed by atoms with van der Waals surface area (Å²) in [6.07, 6.45) is 1.01. The molecule has 0 aromatic carbocycles. The van der Waals surface area contributed by atoms with Crippen LogP contribution in [0.4, 0.5) is 9.93 Å². The molecule has 1 unspecified atom stereocenters. The maximum Gasteiger partial charge on any atom is 0.413 e. The minimum absolute atomic E-state index is 0.0391. The van der Waals surface area contributed by atoms with Crippen LogP contribution in [0.15, 0.2) is 22.7 Å². The Bertz CT molecular complexity index is 1210. The van der Waals surface area contributed by atoms with Gasteiger partial charge in [-0.3, -0.25) is 24.6 Å². The molecule has 0 aliphatic carbocycles. The van der Waals surface area contributed by atoms with Crippen LogP contribution in [0.25, 0.3) is 5.57 Å². The van der Waals surface area contributed by atoms with E-state index in [0.29, 0.717) is 11.3 Å². The van der Waals surface area contributed by atoms with Crippen LogP contribution < -0.4 is 10.6 Å². The van der Waals surface area contributed by atoms with Gasteiger partial charge in [0.15, 0.2) is 5.13 Å². The van der Waals surface area contributed by atoms with Crippen molar-refractivity contribution in [2.75, 3.05) is 17.7 Å². The highest BCUT2D eigenvalue weighted by molar-refractivity contribution is 8.00. The summed E-state index contributed by atoms with van der Waals surface area (Å²) in [5, 5.41) is 16.2. The van der Waals surface area contributed by atoms with Crippen molar-refractivity contribution in [1.82, 2.24) is 15.2 Å². The van der Waals surface area contributed by atoms with Crippen molar-refractivity contribution in [2.24, 2.45) is 5.92 Å². The number of hydrogen-bond donors (Lipinski definition) is 3. The van der Waals surface area contributed by atoms with Crippen molar-refractivity contribution >= 4 is 63.6 Å². The monoisotopic (exact) mass is 566 g/mol. The second-order valence-electron chi connectivity index (χ2n) is 9.89. The fraction of sp³-hybridized carbons (Fsp3) is 0.500. The van der Waals surface area contributed by atoms with E-state index in [1.807, 2.05) is 13.8 Å². The lowest BCUT2D eigenvalue weighted by Gasteiger charge is -2.49. The molecule has 2 aliphatic rings. The molecule has 14 heteroatoms. The van der Waals surface area contributed by atoms with E-state index in [-0.39, 0.29) is 34.7 Å². The Kier molecular flexibility index (Phi) is 8.87. The molecule has 3 N–H and O–H groups in total. The van der Waals surface area contributed by atoms with Gasteiger partial charge in [-0.1, -0.05) is 19.9 Å². The Morgan fingerprint density at radius 2 is 1.97 bits per heavy atom. The number of carbonyl (C=O) groups excluding carboxylic acids is 4. The van der Waals surface area contributed by atoms with Crippen LogP contribution in [0.3, 0.4) is 0 Å². The number of carbonyl (C=O) groups is 5. The molecule has 0 saturated carbocycles. The molecular formula is C24H30N4O8S2. The Morgan fingerprint density at radius 3 is 2.55 bits per heavy atom. The van der Waals surface area contributed by atoms with Gasteiger partial charge in [0.1, 0.15) is 29.3 Å². The van der Waals surface area contributed by atoms with Gasteiger partial charge in [0.25, 0.3) is 11.8 Å². The van der Waals surface area contributed by atoms with Gasteiger partial charge >= 0.3 is 18.0 Å². The number of aliphatic carboxylic acids is 1. The van der Waals surface area contributed by atoms with E-state index in [1.165, 1.54) is 18.7 Å². The number of aromatic nitrogens is 1. The number of amides is 3. The number of carboxylic acids is 1. The average molecular weight is 567 g/mol. The van der Waals surface area contributed by atoms with E-state index in [0.717, 1.165) is 16.2 Å². The van der Waals surface area contributed by atoms with Crippen molar-refractivity contribution in [3.63, 3.8) is 0 Å². The molecule has 1 fully saturated rings. The van der Waals surface area contributed by atoms with Crippen LogP contribution in [-0.2, 0) is 28.7 Å². The molecule has 206 valence electrons. The quantitative estimate of drug-likeness (QED) is 0.242. The number of anilines is 1. The van der Waals surface area contributed by atoms with Crippen LogP contribution in [0.5, 0.6) is 0 Å². The zero-order valence-corrected chi connectivity index (χ0v) is 23.4. The van der Waals surface area contributed by atoms with Crippen molar-refractivity contribution in [3.05, 3.63) is 28.4 Å². The first-order valence-electron chi connectivity index (χ1n) is 11.7. The molecule has 3 heterocycles. The van der Waals surface area contributed by atoms with Crippen molar-refractivity contribution in [1.29, 1.82) is 0 Å². The topological polar surface area (TPSA) is 164 Å². The minimum Gasteiger partial charge on any atom is -0.477 e. The molecule has 2 aliphatic heterocycles. The van der Waals surface area contributed by atoms with Gasteiger partial charge in [0.2, 0.25) is 0 Å². The lowest BCUT2D eigenvalue weighted by atomic mass is 10.0. The molecule has 12 nitrogen and oxygen atoms in total. The summed E-state index contributed by atoms with van der Waals surface area (Å²) < 4.78 is 10.2. The number of hydrogen-bond acceptors (Lipinski definition) is 10. The average Bonchev–Trinajstić information content (AvgIpc) is 3.24. The summed E-state index contributed by atoms with van der Waals surface area (Å²) in [4.78, 5) is 66.8. The maximum absolute atomic E-state index is 13.3. The number of carboxylic acid groups (broad SMARTS) is 1. The van der Waals surface area contributed by atoms with E-state index in [9.17, 15) is 29.1 Å². The zero-order chi connectivity index (χ0) is 28.4. The summed E-state index contributed by atoms with van der Waals surface area (Å²) in [6.45, 7) is 9.93. The largest absolute Gasteiger partial charge is 0.477 e. The number of nitrogens with one attached hydrogen (secondary N) is 2. The van der Waals surface area contributed by atoms with Gasteiger partial charge in [-0.05, 0) is 26.7 Å². The van der Waals surface area contributed by atoms with Gasteiger partial charge in [-0.2, -0.15) is 0 Å². The van der Waals surface area contributed by atoms with Gasteiger partial charge in [-0.25, -0.2) is 14.6 Å². The van der Waals surface area contributed by atoms with E-state index >= 15 is 0 Å². The molecule has 3 rings (SSSR count). The predicted molar refractivity (Wildman–Crippen MR) is 141 cm³/mol. The Morgan fingerprint density at radius 1 is 1.29 bits per heavy atom. The number of β-lactam (4-membered cyclic amide) rings is 1. The molecule has 1 aromatic rings. The third-order valence-electron chi connectivity index (χ3n) is 5.12. The Balaban J connectivity index is 1.75. The second kappa shape index (κ2) is 11.6. The van der Waals surface area contributed by atoms with Crippen LogP contribution in [0.2, 0.25) is 0 Å². The molecule has 1 saturated heterocycles. The molecule has 0 spiro atoms. The third kappa shape index (κ3) is 6.92. The normalized spacial score (nSPS) is 19.5. The summed E-state index contributed by atoms with van der Waals surface area (Å²) in [7, 11) is 0. The third-order valence-corrected chi connectivity index (χ3v) is 7.22. The predicted octanol–water partition coefficient (Wildman–Crippen LogP) is 2.83. The van der Waals surface area contributed by atoms with Crippen LogP contribution in [-0.4, -0.2) is 74.2 Å². The smallest absolute Gasteiger partial charge is 0.413 e. The highest BCUT2D eigenvalue weighted by atomic mass is 32.2. The standard InChI is InChI=1S/C24H30N4O8S2/c1-11(2)7-14(15-10-38-22(25-15)27-23(34)36-24(4,5)6)18(30)26-16-19(31)28-17(21(32)33)13(8-35-12(3)29)9-37-20(16)28/h7,10-11,16,20H,8-9H2,1-6H3,(H,26,30)(H,32,33)(H,25,27,34)/b14-7-/t16?,20-/m0/s1. The van der Waals surface area contributed by atoms with Gasteiger partial charge < -0.3 is 19.9 Å². The van der Waals surface area contributed by atoms with Crippen LogP contribution in [0.1, 0.15) is 47.2 Å². The van der Waals surface area contributed by atoms with Gasteiger partial charge in [0, 0.05) is 23.6 Å². The summed E-state index contributed by atoms with van der Waals surface area (Å²) in [6, 6.07) is -0.953. The number of allylic oxidation sites excluding steroid dienone is 1. The first-order valence-corrected chi connectivity index (χ1v) is 13.6. The fourth-order valence-corrected chi connectivity index (χ4v) is 5.68. The summed E-state index contributed by atoms with van der Waals surface area (Å²) in [5.41, 5.74) is -0.0999. The lowest BCUT2D eigenvalue weighted by Crippen LogP contribution is -2.70. The number of thiazole rings is 1. The lowest BCUT2D eigenvalue weighted by molar-refractivity contribution is -0.150. The highest BCUT2D eigenvalue weighted by Gasteiger charge is 2.54. The number of nitrogens with zero attached hydrogens (tertiary/aromatic N) is 2. The number of rotatable bonds is 8. The molecule has 38 heavy (non-hydrogen) atoms. The van der Waals surface area contributed by atoms with Gasteiger partial charge in [0.05, 0.1) is 11.3 Å². The highest BCUT2D eigenvalue weighted by Crippen LogP contribution is 2.40. The summed E-state index contributed by atoms with van der Waals surface area (Å²) >= 11 is 2.38. The number of esters is 1. The molecule has 1 aromatic heterocycles. The van der Waals surface area contributed by atoms with E-state index in [2.05, 4.69) is 15.6 Å². The number of ether oxygens (including phenoxy) is 2. The van der Waals surface area contributed by atoms with Gasteiger partial charge in [-0.15, -0.1) is 23.1 Å². The van der Waals surface area contributed by atoms with Crippen molar-refractivity contribution < 1.29 is 38.6 Å². The number of thioether (sulfide) groups is 1. The fourth-order valence-electron chi connectivity index (χ4n) is 3.66. The molecule has 3 amide bonds. The molecule has 2 atom stereocenters. The summed E-state index contributed by atoms with van der Waals surface area (Å²) in [5.74, 6) is -2.84. The molecule has 0 radical (unpaired) electrons. The zero-order valence-electron chi connectivity index (χ0n) is 21.8. The van der Waals surface area contributed by atoms with Crippen molar-refractivity contribution in [3.8, 4) is 0 Å². The molecule has 0 bridgehead atoms. The first-order chi connectivity index (χ1) is 17.7. The second-order valence-corrected chi connectivity index (χ2v) is 11.9. The Labute approximate surface area is 227 Å². The van der Waals surface area contributed by atoms with Crippen LogP contribution >= 0.6 is 23.1 Å². The van der Waals surface area contributed by atoms with E-state index < -0.39 is 46.9 Å². The van der Waals surface area contributed by atoms with E-state index in [1.54, 1.807) is 32.2 Å². The van der Waals surface area contributed by atoms with Crippen LogP contribution in [0, 0.1) is 5.92 Å². The SMILES string of the molecule is CC(=O)OCC1=C(C(=O)O)N2C(=O)C(NC(=O)/C(=C\C(C)C)c3csc(NC(=O)OC(C)(C)C)n3)[C@@H]2SC1.